The SMILES string of the molecule is C#CC1=C(CCc2ccccc2)CCCC1. The second-order valence-electron chi connectivity index (χ2n) is 4.42. The topological polar surface area (TPSA) is 0 Å². The highest BCUT2D eigenvalue weighted by Crippen LogP contribution is 2.27. The van der Waals surface area contributed by atoms with Gasteiger partial charge in [-0.15, -0.1) is 6.42 Å². The molecule has 0 nitrogen and oxygen atoms in total. The quantitative estimate of drug-likeness (QED) is 0.658. The molecule has 0 spiro atoms. The van der Waals surface area contributed by atoms with E-state index in [2.05, 4.69) is 36.3 Å². The first kappa shape index (κ1) is 11.0. The van der Waals surface area contributed by atoms with Crippen molar-refractivity contribution in [2.75, 3.05) is 0 Å². The fraction of sp³-hybridized carbons (Fsp3) is 0.375. The van der Waals surface area contributed by atoms with Crippen LogP contribution in [-0.2, 0) is 6.42 Å². The number of rotatable bonds is 3. The normalized spacial score (nSPS) is 15.9. The number of benzene rings is 1. The highest BCUT2D eigenvalue weighted by Gasteiger charge is 2.10. The molecule has 2 rings (SSSR count). The van der Waals surface area contributed by atoms with E-state index in [9.17, 15) is 0 Å². The Morgan fingerprint density at radius 3 is 2.50 bits per heavy atom. The molecule has 0 N–H and O–H groups in total. The van der Waals surface area contributed by atoms with Crippen molar-refractivity contribution in [2.45, 2.75) is 38.5 Å². The molecule has 0 saturated carbocycles. The van der Waals surface area contributed by atoms with Gasteiger partial charge in [-0.05, 0) is 44.1 Å². The molecule has 0 heterocycles. The van der Waals surface area contributed by atoms with Crippen molar-refractivity contribution >= 4 is 0 Å². The highest BCUT2D eigenvalue weighted by atomic mass is 14.1. The summed E-state index contributed by atoms with van der Waals surface area (Å²) in [6.07, 6.45) is 12.8. The van der Waals surface area contributed by atoms with E-state index in [0.717, 1.165) is 19.3 Å². The van der Waals surface area contributed by atoms with Crippen LogP contribution in [0.5, 0.6) is 0 Å². The summed E-state index contributed by atoms with van der Waals surface area (Å²) in [5.41, 5.74) is 4.22. The van der Waals surface area contributed by atoms with Crippen LogP contribution in [0.3, 0.4) is 0 Å². The van der Waals surface area contributed by atoms with Crippen LogP contribution >= 0.6 is 0 Å². The van der Waals surface area contributed by atoms with Gasteiger partial charge in [0, 0.05) is 5.57 Å². The summed E-state index contributed by atoms with van der Waals surface area (Å²) < 4.78 is 0. The van der Waals surface area contributed by atoms with Gasteiger partial charge in [0.1, 0.15) is 0 Å². The number of hydrogen-bond acceptors (Lipinski definition) is 0. The van der Waals surface area contributed by atoms with E-state index in [-0.39, 0.29) is 0 Å². The zero-order valence-corrected chi connectivity index (χ0v) is 9.71. The third-order valence-corrected chi connectivity index (χ3v) is 3.31. The Morgan fingerprint density at radius 2 is 1.75 bits per heavy atom. The summed E-state index contributed by atoms with van der Waals surface area (Å²) >= 11 is 0. The molecule has 0 aromatic heterocycles. The maximum Gasteiger partial charge on any atom is 0.000972 e. The Labute approximate surface area is 98.4 Å². The van der Waals surface area contributed by atoms with Crippen LogP contribution in [0.4, 0.5) is 0 Å². The Hall–Kier alpha value is -1.48. The van der Waals surface area contributed by atoms with E-state index >= 15 is 0 Å². The monoisotopic (exact) mass is 210 g/mol. The number of terminal acetylenes is 1. The van der Waals surface area contributed by atoms with Crippen molar-refractivity contribution in [1.82, 2.24) is 0 Å². The van der Waals surface area contributed by atoms with E-state index < -0.39 is 0 Å². The molecule has 0 bridgehead atoms. The van der Waals surface area contributed by atoms with Crippen LogP contribution < -0.4 is 0 Å². The molecule has 1 aliphatic rings. The van der Waals surface area contributed by atoms with Gasteiger partial charge in [0.15, 0.2) is 0 Å². The molecule has 0 unspecified atom stereocenters. The maximum absolute atomic E-state index is 5.55. The molecule has 0 fully saturated rings. The average Bonchev–Trinajstić information content (AvgIpc) is 2.38. The van der Waals surface area contributed by atoms with Gasteiger partial charge in [0.05, 0.1) is 0 Å². The van der Waals surface area contributed by atoms with Crippen LogP contribution in [0.25, 0.3) is 0 Å². The fourth-order valence-electron chi connectivity index (χ4n) is 2.36. The lowest BCUT2D eigenvalue weighted by atomic mass is 9.88. The average molecular weight is 210 g/mol. The van der Waals surface area contributed by atoms with Gasteiger partial charge in [-0.3, -0.25) is 0 Å². The summed E-state index contributed by atoms with van der Waals surface area (Å²) in [5.74, 6) is 2.87. The molecule has 0 amide bonds. The zero-order chi connectivity index (χ0) is 11.2. The molecular formula is C16H18. The highest BCUT2D eigenvalue weighted by molar-refractivity contribution is 5.33. The Bertz CT molecular complexity index is 403. The van der Waals surface area contributed by atoms with Crippen LogP contribution in [-0.4, -0.2) is 0 Å². The third-order valence-electron chi connectivity index (χ3n) is 3.31. The first-order valence-corrected chi connectivity index (χ1v) is 6.11. The first-order valence-electron chi connectivity index (χ1n) is 6.11. The van der Waals surface area contributed by atoms with E-state index in [1.165, 1.54) is 36.0 Å². The van der Waals surface area contributed by atoms with E-state index in [1.54, 1.807) is 0 Å². The molecule has 0 saturated heterocycles. The Morgan fingerprint density at radius 1 is 1.00 bits per heavy atom. The summed E-state index contributed by atoms with van der Waals surface area (Å²) in [7, 11) is 0. The van der Waals surface area contributed by atoms with Gasteiger partial charge in [-0.2, -0.15) is 0 Å². The Balaban J connectivity index is 2.00. The standard InChI is InChI=1S/C16H18/c1-2-15-10-6-7-11-16(15)13-12-14-8-4-3-5-9-14/h1,3-5,8-9H,6-7,10-13H2. The predicted molar refractivity (Wildman–Crippen MR) is 69.1 cm³/mol. The molecule has 0 radical (unpaired) electrons. The molecule has 1 aromatic carbocycles. The fourth-order valence-corrected chi connectivity index (χ4v) is 2.36. The van der Waals surface area contributed by atoms with Gasteiger partial charge in [0.2, 0.25) is 0 Å². The lowest BCUT2D eigenvalue weighted by Gasteiger charge is -2.16. The van der Waals surface area contributed by atoms with Crippen LogP contribution in [0, 0.1) is 12.3 Å². The van der Waals surface area contributed by atoms with Crippen molar-refractivity contribution in [2.24, 2.45) is 0 Å². The van der Waals surface area contributed by atoms with Crippen LogP contribution in [0.2, 0.25) is 0 Å². The Kier molecular flexibility index (Phi) is 3.83. The molecule has 1 aliphatic carbocycles. The smallest absolute Gasteiger partial charge is 0.000972 e. The van der Waals surface area contributed by atoms with Gasteiger partial charge < -0.3 is 0 Å². The summed E-state index contributed by atoms with van der Waals surface area (Å²) in [5, 5.41) is 0. The molecule has 16 heavy (non-hydrogen) atoms. The molecule has 82 valence electrons. The van der Waals surface area contributed by atoms with Crippen molar-refractivity contribution in [3.63, 3.8) is 0 Å². The molecule has 0 heteroatoms. The van der Waals surface area contributed by atoms with Crippen LogP contribution in [0.1, 0.15) is 37.7 Å². The number of hydrogen-bond donors (Lipinski definition) is 0. The number of aryl methyl sites for hydroxylation is 1. The van der Waals surface area contributed by atoms with E-state index in [0.29, 0.717) is 0 Å². The first-order chi connectivity index (χ1) is 7.90. The molecule has 1 aromatic rings. The largest absolute Gasteiger partial charge is 0.115 e. The molecular weight excluding hydrogens is 192 g/mol. The number of allylic oxidation sites excluding steroid dienone is 2. The van der Waals surface area contributed by atoms with Gasteiger partial charge in [0.25, 0.3) is 0 Å². The maximum atomic E-state index is 5.55. The molecule has 0 aliphatic heterocycles. The van der Waals surface area contributed by atoms with Gasteiger partial charge in [-0.1, -0.05) is 41.8 Å². The van der Waals surface area contributed by atoms with E-state index in [4.69, 9.17) is 6.42 Å². The third kappa shape index (κ3) is 2.76. The van der Waals surface area contributed by atoms with Crippen molar-refractivity contribution in [3.05, 3.63) is 47.0 Å². The summed E-state index contributed by atoms with van der Waals surface area (Å²) in [6.45, 7) is 0. The summed E-state index contributed by atoms with van der Waals surface area (Å²) in [6, 6.07) is 10.7. The van der Waals surface area contributed by atoms with Crippen molar-refractivity contribution < 1.29 is 0 Å². The van der Waals surface area contributed by atoms with Crippen LogP contribution in [0.15, 0.2) is 41.5 Å². The minimum absolute atomic E-state index is 1.13. The second-order valence-corrected chi connectivity index (χ2v) is 4.42. The van der Waals surface area contributed by atoms with E-state index in [1.807, 2.05) is 0 Å². The summed E-state index contributed by atoms with van der Waals surface area (Å²) in [4.78, 5) is 0. The van der Waals surface area contributed by atoms with Gasteiger partial charge >= 0.3 is 0 Å². The minimum Gasteiger partial charge on any atom is -0.115 e. The lowest BCUT2D eigenvalue weighted by molar-refractivity contribution is 0.659. The zero-order valence-electron chi connectivity index (χ0n) is 9.71. The second kappa shape index (κ2) is 5.56. The lowest BCUT2D eigenvalue weighted by Crippen LogP contribution is -2.00. The predicted octanol–water partition coefficient (Wildman–Crippen LogP) is 4.12. The van der Waals surface area contributed by atoms with Gasteiger partial charge in [-0.25, -0.2) is 0 Å². The van der Waals surface area contributed by atoms with Crippen molar-refractivity contribution in [1.29, 1.82) is 0 Å². The minimum atomic E-state index is 1.13. The van der Waals surface area contributed by atoms with Crippen molar-refractivity contribution in [3.8, 4) is 12.3 Å². The molecule has 0 atom stereocenters.